The van der Waals surface area contributed by atoms with Crippen molar-refractivity contribution in [3.05, 3.63) is 35.9 Å². The van der Waals surface area contributed by atoms with Gasteiger partial charge in [-0.05, 0) is 44.7 Å². The number of piperidine rings is 1. The maximum Gasteiger partial charge on any atom is 0.296 e. The van der Waals surface area contributed by atoms with Crippen LogP contribution in [0.5, 0.6) is 0 Å². The van der Waals surface area contributed by atoms with E-state index in [2.05, 4.69) is 4.98 Å². The zero-order chi connectivity index (χ0) is 28.2. The highest BCUT2D eigenvalue weighted by molar-refractivity contribution is 5.86. The molecular weight excluding hydrogens is 522 g/mol. The van der Waals surface area contributed by atoms with Crippen molar-refractivity contribution in [2.75, 3.05) is 44.3 Å². The van der Waals surface area contributed by atoms with Crippen molar-refractivity contribution in [2.24, 2.45) is 13.0 Å². The maximum atomic E-state index is 14.2. The monoisotopic (exact) mass is 556 g/mol. The van der Waals surface area contributed by atoms with Crippen LogP contribution in [0.4, 0.5) is 14.6 Å². The molecule has 0 bridgehead atoms. The molecule has 0 radical (unpaired) electrons. The Morgan fingerprint density at radius 1 is 0.975 bits per heavy atom. The lowest BCUT2D eigenvalue weighted by molar-refractivity contribution is -0.0620. The van der Waals surface area contributed by atoms with Crippen molar-refractivity contribution < 1.29 is 23.7 Å². The van der Waals surface area contributed by atoms with Crippen LogP contribution in [-0.2, 0) is 11.8 Å². The van der Waals surface area contributed by atoms with Crippen molar-refractivity contribution in [2.45, 2.75) is 44.9 Å². The fourth-order valence-electron chi connectivity index (χ4n) is 5.79. The molecule has 6 rings (SSSR count). The summed E-state index contributed by atoms with van der Waals surface area (Å²) in [5.41, 5.74) is 1.02. The van der Waals surface area contributed by atoms with Crippen LogP contribution in [0.3, 0.4) is 0 Å². The number of aryl methyl sites for hydroxylation is 1. The number of anilines is 1. The second-order valence-corrected chi connectivity index (χ2v) is 11.1. The van der Waals surface area contributed by atoms with Gasteiger partial charge in [0.05, 0.1) is 29.8 Å². The molecule has 0 spiro atoms. The van der Waals surface area contributed by atoms with E-state index in [9.17, 15) is 19.0 Å². The van der Waals surface area contributed by atoms with Crippen LogP contribution in [-0.4, -0.2) is 89.2 Å². The number of imidazole rings is 2. The number of morpholine rings is 1. The van der Waals surface area contributed by atoms with Gasteiger partial charge in [-0.3, -0.25) is 9.47 Å². The summed E-state index contributed by atoms with van der Waals surface area (Å²) >= 11 is 0. The molecule has 5 heterocycles. The first kappa shape index (κ1) is 26.9. The highest BCUT2D eigenvalue weighted by Gasteiger charge is 2.35. The Hall–Kier alpha value is -3.26. The number of likely N-dealkylation sites (tertiary alicyclic amines) is 1. The number of fused-ring (bicyclic) bond motifs is 2. The summed E-state index contributed by atoms with van der Waals surface area (Å²) in [5, 5.41) is 21.8. The van der Waals surface area contributed by atoms with E-state index < -0.39 is 24.1 Å². The molecule has 2 saturated heterocycles. The average molecular weight is 557 g/mol. The van der Waals surface area contributed by atoms with Gasteiger partial charge in [-0.2, -0.15) is 9.97 Å². The van der Waals surface area contributed by atoms with Crippen molar-refractivity contribution >= 4 is 28.0 Å². The standard InChI is InChI=1S/C27H34F2N8O3/c1-27(2,39)16-8-10-36(11-9-16)25(38)24-31-19-21(34(24)3)32-26(33-22(19)35-12-14-40-15-13-35)37-18-7-5-4-6-17(18)30-23(37)20(28)29/h4-7,16,20,25,38-39H,8-15H2,1-3H3. The molecule has 0 amide bonds. The molecule has 11 nitrogen and oxygen atoms in total. The molecule has 214 valence electrons. The highest BCUT2D eigenvalue weighted by atomic mass is 19.3. The van der Waals surface area contributed by atoms with Crippen LogP contribution >= 0.6 is 0 Å². The first-order chi connectivity index (χ1) is 19.1. The molecular formula is C27H34F2N8O3. The van der Waals surface area contributed by atoms with Crippen molar-refractivity contribution in [3.63, 3.8) is 0 Å². The molecule has 2 aliphatic rings. The molecule has 2 fully saturated rings. The third-order valence-electron chi connectivity index (χ3n) is 8.12. The van der Waals surface area contributed by atoms with E-state index in [0.29, 0.717) is 73.2 Å². The van der Waals surface area contributed by atoms with E-state index in [1.165, 1.54) is 4.57 Å². The van der Waals surface area contributed by atoms with Crippen molar-refractivity contribution in [1.82, 2.24) is 34.0 Å². The van der Waals surface area contributed by atoms with Gasteiger partial charge in [0.15, 0.2) is 34.9 Å². The van der Waals surface area contributed by atoms with Crippen LogP contribution in [0.15, 0.2) is 24.3 Å². The van der Waals surface area contributed by atoms with E-state index in [1.54, 1.807) is 35.9 Å². The molecule has 1 unspecified atom stereocenters. The predicted molar refractivity (Wildman–Crippen MR) is 144 cm³/mol. The number of halogens is 2. The van der Waals surface area contributed by atoms with E-state index in [-0.39, 0.29) is 11.9 Å². The van der Waals surface area contributed by atoms with Gasteiger partial charge >= 0.3 is 0 Å². The van der Waals surface area contributed by atoms with Gasteiger partial charge in [0, 0.05) is 33.2 Å². The fourth-order valence-corrected chi connectivity index (χ4v) is 5.79. The highest BCUT2D eigenvalue weighted by Crippen LogP contribution is 2.34. The van der Waals surface area contributed by atoms with Gasteiger partial charge in [-0.15, -0.1) is 0 Å². The average Bonchev–Trinajstić information content (AvgIpc) is 3.50. The van der Waals surface area contributed by atoms with Crippen LogP contribution in [0.25, 0.3) is 28.1 Å². The molecule has 0 aliphatic carbocycles. The molecule has 0 saturated carbocycles. The smallest absolute Gasteiger partial charge is 0.296 e. The minimum absolute atomic E-state index is 0.0630. The first-order valence-electron chi connectivity index (χ1n) is 13.6. The normalized spacial score (nSPS) is 18.9. The van der Waals surface area contributed by atoms with Gasteiger partial charge < -0.3 is 24.4 Å². The summed E-state index contributed by atoms with van der Waals surface area (Å²) in [6, 6.07) is 6.90. The minimum Gasteiger partial charge on any atom is -0.390 e. The zero-order valence-electron chi connectivity index (χ0n) is 22.8. The van der Waals surface area contributed by atoms with Crippen LogP contribution < -0.4 is 4.90 Å². The molecule has 1 atom stereocenters. The maximum absolute atomic E-state index is 14.2. The summed E-state index contributed by atoms with van der Waals surface area (Å²) in [5.74, 6) is 0.656. The van der Waals surface area contributed by atoms with Gasteiger partial charge in [0.2, 0.25) is 5.95 Å². The van der Waals surface area contributed by atoms with E-state index in [0.717, 1.165) is 12.8 Å². The topological polar surface area (TPSA) is 118 Å². The number of aromatic nitrogens is 6. The quantitative estimate of drug-likeness (QED) is 0.370. The molecule has 2 N–H and O–H groups in total. The second kappa shape index (κ2) is 10.3. The molecule has 4 aromatic rings. The Labute approximate surface area is 230 Å². The first-order valence-corrected chi connectivity index (χ1v) is 13.6. The summed E-state index contributed by atoms with van der Waals surface area (Å²) in [7, 11) is 1.76. The molecule has 13 heteroatoms. The number of hydrogen-bond acceptors (Lipinski definition) is 9. The van der Waals surface area contributed by atoms with Gasteiger partial charge in [0.25, 0.3) is 6.43 Å². The van der Waals surface area contributed by atoms with Crippen LogP contribution in [0, 0.1) is 5.92 Å². The summed E-state index contributed by atoms with van der Waals surface area (Å²) in [6.45, 7) is 6.94. The van der Waals surface area contributed by atoms with Crippen molar-refractivity contribution in [1.29, 1.82) is 0 Å². The Morgan fingerprint density at radius 2 is 1.68 bits per heavy atom. The minimum atomic E-state index is -2.84. The Bertz CT molecular complexity index is 1520. The number of aliphatic hydroxyl groups is 2. The zero-order valence-corrected chi connectivity index (χ0v) is 22.8. The van der Waals surface area contributed by atoms with Crippen LogP contribution in [0.2, 0.25) is 0 Å². The largest absolute Gasteiger partial charge is 0.390 e. The number of rotatable bonds is 6. The SMILES string of the molecule is Cn1c(C(O)N2CCC(C(C)(C)O)CC2)nc2c(N3CCOCC3)nc(-n3c(C(F)F)nc4ccccc43)nc21. The Kier molecular flexibility index (Phi) is 6.93. The second-order valence-electron chi connectivity index (χ2n) is 11.1. The van der Waals surface area contributed by atoms with Crippen molar-refractivity contribution in [3.8, 4) is 5.95 Å². The van der Waals surface area contributed by atoms with E-state index >= 15 is 0 Å². The molecule has 3 aromatic heterocycles. The molecule has 1 aromatic carbocycles. The number of para-hydroxylation sites is 2. The van der Waals surface area contributed by atoms with Gasteiger partial charge in [-0.1, -0.05) is 12.1 Å². The third-order valence-corrected chi connectivity index (χ3v) is 8.12. The lowest BCUT2D eigenvalue weighted by atomic mass is 9.83. The Balaban J connectivity index is 1.46. The lowest BCUT2D eigenvalue weighted by Gasteiger charge is -2.39. The van der Waals surface area contributed by atoms with Gasteiger partial charge in [-0.25, -0.2) is 18.7 Å². The lowest BCUT2D eigenvalue weighted by Crippen LogP contribution is -2.43. The third kappa shape index (κ3) is 4.70. The summed E-state index contributed by atoms with van der Waals surface area (Å²) < 4.78 is 36.9. The number of benzene rings is 1. The number of nitrogens with zero attached hydrogens (tertiary/aromatic N) is 8. The van der Waals surface area contributed by atoms with Gasteiger partial charge in [0.1, 0.15) is 0 Å². The van der Waals surface area contributed by atoms with E-state index in [1.807, 2.05) is 23.6 Å². The number of hydrogen-bond donors (Lipinski definition) is 2. The molecule has 40 heavy (non-hydrogen) atoms. The van der Waals surface area contributed by atoms with Crippen LogP contribution in [0.1, 0.15) is 51.0 Å². The summed E-state index contributed by atoms with van der Waals surface area (Å²) in [4.78, 5) is 22.4. The predicted octanol–water partition coefficient (Wildman–Crippen LogP) is 2.95. The fraction of sp³-hybridized carbons (Fsp3) is 0.556. The van der Waals surface area contributed by atoms with E-state index in [4.69, 9.17) is 19.7 Å². The summed E-state index contributed by atoms with van der Waals surface area (Å²) in [6.07, 6.45) is -2.35. The molecule has 2 aliphatic heterocycles. The number of alkyl halides is 2. The number of aliphatic hydroxyl groups excluding tert-OH is 1. The number of ether oxygens (including phenoxy) is 1. The Morgan fingerprint density at radius 3 is 2.35 bits per heavy atom.